The second-order valence-corrected chi connectivity index (χ2v) is 6.87. The van der Waals surface area contributed by atoms with Crippen LogP contribution in [0.1, 0.15) is 42.6 Å². The highest BCUT2D eigenvalue weighted by Gasteiger charge is 2.29. The summed E-state index contributed by atoms with van der Waals surface area (Å²) in [5.41, 5.74) is 2.30. The van der Waals surface area contributed by atoms with Gasteiger partial charge in [0.05, 0.1) is 5.56 Å². The molecule has 0 bridgehead atoms. The maximum absolute atomic E-state index is 12.7. The standard InChI is InChI=1S/C20H23N3O/c1-14(15-8-6-5-7-9-15)20(2,3)22-19(24)17-12-16-10-11-23(4)18(16)21-13-17/h5-14H,1-4H3,(H,22,24). The molecule has 0 radical (unpaired) electrons. The topological polar surface area (TPSA) is 46.9 Å². The number of aromatic nitrogens is 2. The molecule has 3 aromatic rings. The molecule has 4 nitrogen and oxygen atoms in total. The van der Waals surface area contributed by atoms with Crippen molar-refractivity contribution in [1.29, 1.82) is 0 Å². The minimum absolute atomic E-state index is 0.0963. The molecule has 1 aromatic carbocycles. The maximum atomic E-state index is 12.7. The zero-order chi connectivity index (χ0) is 17.3. The summed E-state index contributed by atoms with van der Waals surface area (Å²) in [5, 5.41) is 4.13. The molecule has 2 heterocycles. The van der Waals surface area contributed by atoms with Gasteiger partial charge in [0.25, 0.3) is 5.91 Å². The lowest BCUT2D eigenvalue weighted by atomic mass is 9.83. The zero-order valence-electron chi connectivity index (χ0n) is 14.6. The fraction of sp³-hybridized carbons (Fsp3) is 0.300. The quantitative estimate of drug-likeness (QED) is 0.792. The molecular weight excluding hydrogens is 298 g/mol. The van der Waals surface area contributed by atoms with Gasteiger partial charge in [-0.1, -0.05) is 37.3 Å². The molecular formula is C20H23N3O. The summed E-state index contributed by atoms with van der Waals surface area (Å²) < 4.78 is 1.94. The van der Waals surface area contributed by atoms with Crippen molar-refractivity contribution in [2.24, 2.45) is 7.05 Å². The van der Waals surface area contributed by atoms with Crippen molar-refractivity contribution in [2.75, 3.05) is 0 Å². The molecule has 24 heavy (non-hydrogen) atoms. The molecule has 1 unspecified atom stereocenters. The highest BCUT2D eigenvalue weighted by molar-refractivity contribution is 5.97. The summed E-state index contributed by atoms with van der Waals surface area (Å²) in [7, 11) is 1.94. The molecule has 3 rings (SSSR count). The fourth-order valence-corrected chi connectivity index (χ4v) is 2.91. The first kappa shape index (κ1) is 16.2. The minimum atomic E-state index is -0.371. The average Bonchev–Trinajstić information content (AvgIpc) is 2.95. The van der Waals surface area contributed by atoms with E-state index in [4.69, 9.17) is 0 Å². The molecule has 1 amide bonds. The largest absolute Gasteiger partial charge is 0.347 e. The number of hydrogen-bond acceptors (Lipinski definition) is 2. The highest BCUT2D eigenvalue weighted by atomic mass is 16.1. The van der Waals surface area contributed by atoms with Crippen LogP contribution in [0.2, 0.25) is 0 Å². The van der Waals surface area contributed by atoms with E-state index >= 15 is 0 Å². The molecule has 1 atom stereocenters. The van der Waals surface area contributed by atoms with Crippen LogP contribution >= 0.6 is 0 Å². The van der Waals surface area contributed by atoms with Crippen LogP contribution in [0.3, 0.4) is 0 Å². The second kappa shape index (κ2) is 6.11. The van der Waals surface area contributed by atoms with Crippen LogP contribution in [0.15, 0.2) is 54.9 Å². The Morgan fingerprint density at radius 2 is 1.92 bits per heavy atom. The summed E-state index contributed by atoms with van der Waals surface area (Å²) >= 11 is 0. The van der Waals surface area contributed by atoms with Crippen LogP contribution in [0, 0.1) is 0 Å². The first-order valence-corrected chi connectivity index (χ1v) is 8.17. The molecule has 4 heteroatoms. The van der Waals surface area contributed by atoms with Crippen LogP contribution in [-0.4, -0.2) is 21.0 Å². The van der Waals surface area contributed by atoms with Gasteiger partial charge < -0.3 is 9.88 Å². The minimum Gasteiger partial charge on any atom is -0.347 e. The van der Waals surface area contributed by atoms with E-state index in [1.165, 1.54) is 5.56 Å². The number of aryl methyl sites for hydroxylation is 1. The monoisotopic (exact) mass is 321 g/mol. The number of benzene rings is 1. The zero-order valence-corrected chi connectivity index (χ0v) is 14.6. The van der Waals surface area contributed by atoms with Crippen molar-refractivity contribution in [1.82, 2.24) is 14.9 Å². The normalized spacial score (nSPS) is 13.0. The third-order valence-electron chi connectivity index (χ3n) is 4.79. The van der Waals surface area contributed by atoms with E-state index in [-0.39, 0.29) is 17.4 Å². The molecule has 124 valence electrons. The molecule has 0 saturated carbocycles. The number of amides is 1. The van der Waals surface area contributed by atoms with E-state index in [0.29, 0.717) is 5.56 Å². The molecule has 0 aliphatic carbocycles. The van der Waals surface area contributed by atoms with Crippen LogP contribution in [0.25, 0.3) is 11.0 Å². The van der Waals surface area contributed by atoms with Gasteiger partial charge in [-0.05, 0) is 31.5 Å². The Labute approximate surface area is 142 Å². The number of fused-ring (bicyclic) bond motifs is 1. The number of carbonyl (C=O) groups is 1. The van der Waals surface area contributed by atoms with Crippen molar-refractivity contribution >= 4 is 16.9 Å². The van der Waals surface area contributed by atoms with Crippen LogP contribution in [0.4, 0.5) is 0 Å². The lowest BCUT2D eigenvalue weighted by molar-refractivity contribution is 0.0902. The van der Waals surface area contributed by atoms with Gasteiger partial charge in [-0.15, -0.1) is 0 Å². The van der Waals surface area contributed by atoms with Gasteiger partial charge in [0, 0.05) is 36.3 Å². The molecule has 0 spiro atoms. The predicted octanol–water partition coefficient (Wildman–Crippen LogP) is 3.89. The fourth-order valence-electron chi connectivity index (χ4n) is 2.91. The Hall–Kier alpha value is -2.62. The molecule has 0 fully saturated rings. The molecule has 0 aliphatic rings. The van der Waals surface area contributed by atoms with Gasteiger partial charge in [-0.2, -0.15) is 0 Å². The average molecular weight is 321 g/mol. The Bertz CT molecular complexity index is 865. The van der Waals surface area contributed by atoms with Crippen LogP contribution in [-0.2, 0) is 7.05 Å². The summed E-state index contributed by atoms with van der Waals surface area (Å²) in [5.74, 6) is 0.0945. The van der Waals surface area contributed by atoms with Crippen molar-refractivity contribution < 1.29 is 4.79 Å². The smallest absolute Gasteiger partial charge is 0.253 e. The number of nitrogens with one attached hydrogen (secondary N) is 1. The number of nitrogens with zero attached hydrogens (tertiary/aromatic N) is 2. The van der Waals surface area contributed by atoms with Gasteiger partial charge in [0.2, 0.25) is 0 Å². The van der Waals surface area contributed by atoms with Gasteiger partial charge in [-0.25, -0.2) is 4.98 Å². The van der Waals surface area contributed by atoms with E-state index in [0.717, 1.165) is 11.0 Å². The van der Waals surface area contributed by atoms with Gasteiger partial charge in [0.15, 0.2) is 0 Å². The Balaban J connectivity index is 1.81. The Morgan fingerprint density at radius 3 is 2.62 bits per heavy atom. The first-order valence-electron chi connectivity index (χ1n) is 8.17. The molecule has 1 N–H and O–H groups in total. The van der Waals surface area contributed by atoms with E-state index in [9.17, 15) is 4.79 Å². The van der Waals surface area contributed by atoms with Gasteiger partial charge in [0.1, 0.15) is 5.65 Å². The Kier molecular flexibility index (Phi) is 4.14. The SMILES string of the molecule is CC(c1ccccc1)C(C)(C)NC(=O)c1cnc2c(ccn2C)c1. The number of pyridine rings is 1. The summed E-state index contributed by atoms with van der Waals surface area (Å²) in [6.07, 6.45) is 3.59. The van der Waals surface area contributed by atoms with E-state index < -0.39 is 0 Å². The second-order valence-electron chi connectivity index (χ2n) is 6.87. The third-order valence-corrected chi connectivity index (χ3v) is 4.79. The lowest BCUT2D eigenvalue weighted by Crippen LogP contribution is -2.47. The number of hydrogen-bond donors (Lipinski definition) is 1. The maximum Gasteiger partial charge on any atom is 0.253 e. The van der Waals surface area contributed by atoms with Crippen LogP contribution < -0.4 is 5.32 Å². The lowest BCUT2D eigenvalue weighted by Gasteiger charge is -2.33. The van der Waals surface area contributed by atoms with E-state index in [1.54, 1.807) is 6.20 Å². The first-order chi connectivity index (χ1) is 11.4. The van der Waals surface area contributed by atoms with Crippen molar-refractivity contribution in [3.05, 3.63) is 66.0 Å². The summed E-state index contributed by atoms with van der Waals surface area (Å²) in [4.78, 5) is 17.1. The Morgan fingerprint density at radius 1 is 1.21 bits per heavy atom. The van der Waals surface area contributed by atoms with Gasteiger partial charge in [-0.3, -0.25) is 4.79 Å². The van der Waals surface area contributed by atoms with Crippen molar-refractivity contribution in [3.63, 3.8) is 0 Å². The highest BCUT2D eigenvalue weighted by Crippen LogP contribution is 2.27. The molecule has 2 aromatic heterocycles. The third kappa shape index (κ3) is 3.04. The van der Waals surface area contributed by atoms with Crippen LogP contribution in [0.5, 0.6) is 0 Å². The van der Waals surface area contributed by atoms with Gasteiger partial charge >= 0.3 is 0 Å². The molecule has 0 aliphatic heterocycles. The van der Waals surface area contributed by atoms with E-state index in [2.05, 4.69) is 43.2 Å². The van der Waals surface area contributed by atoms with Crippen molar-refractivity contribution in [2.45, 2.75) is 32.2 Å². The molecule has 0 saturated heterocycles. The number of rotatable bonds is 4. The summed E-state index contributed by atoms with van der Waals surface area (Å²) in [6, 6.07) is 14.1. The summed E-state index contributed by atoms with van der Waals surface area (Å²) in [6.45, 7) is 6.24. The van der Waals surface area contributed by atoms with E-state index in [1.807, 2.05) is 48.1 Å². The van der Waals surface area contributed by atoms with Crippen molar-refractivity contribution in [3.8, 4) is 0 Å². The predicted molar refractivity (Wildman–Crippen MR) is 97.1 cm³/mol. The number of carbonyl (C=O) groups excluding carboxylic acids is 1.